The van der Waals surface area contributed by atoms with Crippen molar-refractivity contribution in [3.63, 3.8) is 0 Å². The number of carboxylic acids is 2. The quantitative estimate of drug-likeness (QED) is 0.502. The molecule has 0 spiro atoms. The zero-order valence-electron chi connectivity index (χ0n) is 12.8. The summed E-state index contributed by atoms with van der Waals surface area (Å²) in [5.74, 6) is -3.10. The first-order chi connectivity index (χ1) is 10.7. The summed E-state index contributed by atoms with van der Waals surface area (Å²) in [6.07, 6.45) is 0.825. The van der Waals surface area contributed by atoms with E-state index in [0.717, 1.165) is 11.8 Å². The smallest absolute Gasteiger partial charge is 0.343 e. The van der Waals surface area contributed by atoms with Gasteiger partial charge in [0.25, 0.3) is 0 Å². The second-order valence-electron chi connectivity index (χ2n) is 5.14. The van der Waals surface area contributed by atoms with Crippen molar-refractivity contribution < 1.29 is 24.2 Å². The topological polar surface area (TPSA) is 108 Å². The molecular formula is C16H15NO6. The Hall–Kier alpha value is -3.09. The third-order valence-corrected chi connectivity index (χ3v) is 3.36. The van der Waals surface area contributed by atoms with E-state index < -0.39 is 22.9 Å². The van der Waals surface area contributed by atoms with Gasteiger partial charge in [0.15, 0.2) is 5.43 Å². The molecule has 0 unspecified atom stereocenters. The van der Waals surface area contributed by atoms with Crippen LogP contribution in [0.1, 0.15) is 11.3 Å². The van der Waals surface area contributed by atoms with Crippen LogP contribution in [-0.4, -0.2) is 36.2 Å². The molecule has 0 fully saturated rings. The molecule has 0 aliphatic carbocycles. The van der Waals surface area contributed by atoms with Crippen LogP contribution in [0, 0.1) is 6.92 Å². The summed E-state index contributed by atoms with van der Waals surface area (Å²) in [5, 5.41) is 18.1. The molecule has 0 aliphatic heterocycles. The van der Waals surface area contributed by atoms with E-state index in [1.807, 2.05) is 19.0 Å². The lowest BCUT2D eigenvalue weighted by Gasteiger charge is -2.13. The average Bonchev–Trinajstić information content (AvgIpc) is 2.45. The van der Waals surface area contributed by atoms with E-state index in [1.54, 1.807) is 18.2 Å². The van der Waals surface area contributed by atoms with Crippen molar-refractivity contribution in [1.29, 1.82) is 0 Å². The molecule has 23 heavy (non-hydrogen) atoms. The Balaban J connectivity index is 2.75. The van der Waals surface area contributed by atoms with Crippen molar-refractivity contribution in [2.24, 2.45) is 0 Å². The molecule has 7 heteroatoms. The number of fused-ring (bicyclic) bond motifs is 1. The first kappa shape index (κ1) is 16.3. The number of carbonyl (C=O) groups is 2. The summed E-state index contributed by atoms with van der Waals surface area (Å²) in [5.41, 5.74) is -0.281. The van der Waals surface area contributed by atoms with Crippen LogP contribution in [0.25, 0.3) is 17.0 Å². The molecule has 0 saturated carbocycles. The minimum absolute atomic E-state index is 0.0881. The van der Waals surface area contributed by atoms with Crippen molar-refractivity contribution in [2.75, 3.05) is 19.0 Å². The molecule has 1 heterocycles. The Morgan fingerprint density at radius 3 is 2.30 bits per heavy atom. The first-order valence-electron chi connectivity index (χ1n) is 6.65. The van der Waals surface area contributed by atoms with Crippen LogP contribution >= 0.6 is 0 Å². The molecule has 0 radical (unpaired) electrons. The number of hydrogen-bond acceptors (Lipinski definition) is 5. The Morgan fingerprint density at radius 2 is 1.78 bits per heavy atom. The molecule has 2 N–H and O–H groups in total. The second-order valence-corrected chi connectivity index (χ2v) is 5.14. The minimum Gasteiger partial charge on any atom is -0.477 e. The lowest BCUT2D eigenvalue weighted by atomic mass is 10.1. The van der Waals surface area contributed by atoms with E-state index in [4.69, 9.17) is 14.6 Å². The summed E-state index contributed by atoms with van der Waals surface area (Å²) in [7, 11) is 3.68. The van der Waals surface area contributed by atoms with Crippen molar-refractivity contribution in [1.82, 2.24) is 0 Å². The SMILES string of the molecule is Cc1oc2cc(N(C)C)ccc2c(=O)c1C=C(C(=O)O)C(=O)O. The lowest BCUT2D eigenvalue weighted by molar-refractivity contribution is -0.140. The van der Waals surface area contributed by atoms with E-state index in [9.17, 15) is 14.4 Å². The van der Waals surface area contributed by atoms with Gasteiger partial charge in [-0.05, 0) is 25.1 Å². The van der Waals surface area contributed by atoms with Crippen molar-refractivity contribution in [3.8, 4) is 0 Å². The van der Waals surface area contributed by atoms with Gasteiger partial charge in [0.05, 0.1) is 10.9 Å². The Kier molecular flexibility index (Phi) is 4.22. The Bertz CT molecular complexity index is 875. The number of benzene rings is 1. The van der Waals surface area contributed by atoms with Crippen LogP contribution in [0.15, 0.2) is 33.0 Å². The highest BCUT2D eigenvalue weighted by Gasteiger charge is 2.19. The molecule has 7 nitrogen and oxygen atoms in total. The molecule has 0 aliphatic rings. The maximum Gasteiger partial charge on any atom is 0.343 e. The number of carboxylic acid groups (broad SMARTS) is 2. The molecule has 0 saturated heterocycles. The molecule has 0 atom stereocenters. The number of nitrogens with zero attached hydrogens (tertiary/aromatic N) is 1. The number of aryl methyl sites for hydroxylation is 1. The second kappa shape index (κ2) is 5.96. The summed E-state index contributed by atoms with van der Waals surface area (Å²) >= 11 is 0. The van der Waals surface area contributed by atoms with Gasteiger partial charge in [0.2, 0.25) is 0 Å². The van der Waals surface area contributed by atoms with Gasteiger partial charge < -0.3 is 19.5 Å². The Labute approximate surface area is 131 Å². The monoisotopic (exact) mass is 317 g/mol. The van der Waals surface area contributed by atoms with Gasteiger partial charge >= 0.3 is 11.9 Å². The van der Waals surface area contributed by atoms with E-state index in [0.29, 0.717) is 5.58 Å². The molecule has 120 valence electrons. The van der Waals surface area contributed by atoms with Gasteiger partial charge in [-0.15, -0.1) is 0 Å². The molecule has 2 rings (SSSR count). The van der Waals surface area contributed by atoms with Gasteiger partial charge in [-0.1, -0.05) is 0 Å². The summed E-state index contributed by atoms with van der Waals surface area (Å²) < 4.78 is 5.57. The normalized spacial score (nSPS) is 10.4. The molecule has 1 aromatic heterocycles. The van der Waals surface area contributed by atoms with Crippen LogP contribution in [-0.2, 0) is 9.59 Å². The van der Waals surface area contributed by atoms with Crippen LogP contribution < -0.4 is 10.3 Å². The van der Waals surface area contributed by atoms with E-state index in [2.05, 4.69) is 0 Å². The van der Waals surface area contributed by atoms with E-state index in [1.165, 1.54) is 6.92 Å². The standard InChI is InChI=1S/C16H15NO6/c1-8-11(7-12(15(19)20)16(21)22)14(18)10-5-4-9(17(2)3)6-13(10)23-8/h4-7H,1-3H3,(H,19,20)(H,21,22). The molecular weight excluding hydrogens is 302 g/mol. The summed E-state index contributed by atoms with van der Waals surface area (Å²) in [6.45, 7) is 1.48. The average molecular weight is 317 g/mol. The van der Waals surface area contributed by atoms with Gasteiger partial charge in [-0.2, -0.15) is 0 Å². The highest BCUT2D eigenvalue weighted by molar-refractivity contribution is 6.16. The van der Waals surface area contributed by atoms with Crippen LogP contribution in [0.4, 0.5) is 5.69 Å². The summed E-state index contributed by atoms with van der Waals surface area (Å²) in [4.78, 5) is 36.3. The number of anilines is 1. The maximum atomic E-state index is 12.5. The molecule has 0 amide bonds. The largest absolute Gasteiger partial charge is 0.477 e. The highest BCUT2D eigenvalue weighted by Crippen LogP contribution is 2.22. The fraction of sp³-hybridized carbons (Fsp3) is 0.188. The lowest BCUT2D eigenvalue weighted by Crippen LogP contribution is -2.14. The Morgan fingerprint density at radius 1 is 1.17 bits per heavy atom. The third-order valence-electron chi connectivity index (χ3n) is 3.36. The first-order valence-corrected chi connectivity index (χ1v) is 6.65. The summed E-state index contributed by atoms with van der Waals surface area (Å²) in [6, 6.07) is 4.97. The zero-order chi connectivity index (χ0) is 17.3. The van der Waals surface area contributed by atoms with Gasteiger partial charge in [-0.3, -0.25) is 4.79 Å². The number of aliphatic carboxylic acids is 2. The van der Waals surface area contributed by atoms with Crippen LogP contribution in [0.2, 0.25) is 0 Å². The molecule has 2 aromatic rings. The highest BCUT2D eigenvalue weighted by atomic mass is 16.4. The predicted octanol–water partition coefficient (Wildman–Crippen LogP) is 1.72. The van der Waals surface area contributed by atoms with Crippen molar-refractivity contribution in [2.45, 2.75) is 6.92 Å². The van der Waals surface area contributed by atoms with Crippen molar-refractivity contribution in [3.05, 3.63) is 45.3 Å². The maximum absolute atomic E-state index is 12.5. The zero-order valence-corrected chi connectivity index (χ0v) is 12.8. The van der Waals surface area contributed by atoms with Crippen LogP contribution in [0.5, 0.6) is 0 Å². The number of rotatable bonds is 4. The van der Waals surface area contributed by atoms with Crippen molar-refractivity contribution >= 4 is 34.7 Å². The fourth-order valence-electron chi connectivity index (χ4n) is 2.11. The van der Waals surface area contributed by atoms with E-state index >= 15 is 0 Å². The van der Waals surface area contributed by atoms with Gasteiger partial charge in [0.1, 0.15) is 16.9 Å². The third kappa shape index (κ3) is 3.08. The fourth-order valence-corrected chi connectivity index (χ4v) is 2.11. The molecule has 0 bridgehead atoms. The van der Waals surface area contributed by atoms with E-state index in [-0.39, 0.29) is 16.7 Å². The predicted molar refractivity (Wildman–Crippen MR) is 84.8 cm³/mol. The minimum atomic E-state index is -1.63. The van der Waals surface area contributed by atoms with Crippen LogP contribution in [0.3, 0.4) is 0 Å². The van der Waals surface area contributed by atoms with Gasteiger partial charge in [0, 0.05) is 25.8 Å². The molecule has 1 aromatic carbocycles. The number of hydrogen-bond donors (Lipinski definition) is 2. The van der Waals surface area contributed by atoms with Gasteiger partial charge in [-0.25, -0.2) is 9.59 Å².